The van der Waals surface area contributed by atoms with Crippen molar-refractivity contribution in [1.82, 2.24) is 0 Å². The molecule has 0 fully saturated rings. The molecule has 0 heteroatoms. The summed E-state index contributed by atoms with van der Waals surface area (Å²) >= 11 is 0. The normalized spacial score (nSPS) is 3.40. The van der Waals surface area contributed by atoms with Crippen LogP contribution in [0.15, 0.2) is 39.5 Å². The highest BCUT2D eigenvalue weighted by Gasteiger charge is 1.95. The predicted octanol–water partition coefficient (Wildman–Crippen LogP) is 48.6. The van der Waals surface area contributed by atoms with Crippen LogP contribution in [-0.2, 0) is 0 Å². The van der Waals surface area contributed by atoms with Gasteiger partial charge in [-0.05, 0) is 5.41 Å². The molecule has 0 atom stereocenters. The molecule has 0 aliphatic heterocycles. The topological polar surface area (TPSA) is 0 Å². The molecule has 0 saturated carbocycles. The van der Waals surface area contributed by atoms with Gasteiger partial charge in [0.2, 0.25) is 0 Å². The van der Waals surface area contributed by atoms with Gasteiger partial charge in [0, 0.05) is 0 Å². The van der Waals surface area contributed by atoms with Crippen LogP contribution in [0.2, 0.25) is 0 Å². The van der Waals surface area contributed by atoms with Gasteiger partial charge in [-0.1, -0.05) is 623 Å². The molecule has 0 unspecified atom stereocenters. The zero-order chi connectivity index (χ0) is 96.5. The first kappa shape index (κ1) is 360. The average Bonchev–Trinajstić information content (AvgIpc) is 3.82. The van der Waals surface area contributed by atoms with Gasteiger partial charge in [0.25, 0.3) is 0 Å². The first-order chi connectivity index (χ1) is 48.0. The highest BCUT2D eigenvalue weighted by Crippen LogP contribution is 2.08. The Bertz CT molecular complexity index is 36.8. The molecule has 0 rings (SSSR count). The van der Waals surface area contributed by atoms with Crippen LogP contribution in [0.25, 0.3) is 0 Å². The Kier molecular flexibility index (Phi) is 115000. The van der Waals surface area contributed by atoms with Gasteiger partial charge in [-0.25, -0.2) is 0 Å². The van der Waals surface area contributed by atoms with Crippen molar-refractivity contribution >= 4 is 0 Å². The second kappa shape index (κ2) is 31000. The smallest absolute Gasteiger partial charge is 0.0411 e. The lowest BCUT2D eigenvalue weighted by molar-refractivity contribution is 0.469. The zero-order valence-corrected chi connectivity index (χ0v) is 94.7. The predicted molar refractivity (Wildman–Crippen MR) is 547 cm³/mol. The van der Waals surface area contributed by atoms with E-state index in [4.69, 9.17) is 0 Å². The summed E-state index contributed by atoms with van der Waals surface area (Å²) in [5.41, 5.74) is 0.500. The SMILES string of the molecule is C=C.C=C.C=C.CC.CC.CC.CC.CC.CC.CC.CC.CC.CC.CC.CC.CC.CC.CC.CC.CC.CC.CC.CC.CC.CC.CC.CC.CC.CC.CC.CC.CC.CC.CC.CC.CC.CC.CC.CC.CC.CC.CC.CC.CC.CC.CC.CC(C)(C)C. The monoisotopic (exact) mass is 1450 g/mol. The molecule has 0 nitrogen and oxygen atoms in total. The summed E-state index contributed by atoms with van der Waals surface area (Å²) in [6.07, 6.45) is 0. The summed E-state index contributed by atoms with van der Waals surface area (Å²) in [5, 5.41) is 0. The molecule has 670 valence electrons. The summed E-state index contributed by atoms with van der Waals surface area (Å²) in [7, 11) is 0. The van der Waals surface area contributed by atoms with Crippen molar-refractivity contribution in [3.05, 3.63) is 39.5 Å². The molecular formula is C97H282. The third kappa shape index (κ3) is 1360000. The molecule has 0 aromatic carbocycles. The van der Waals surface area contributed by atoms with Crippen LogP contribution in [0.4, 0.5) is 0 Å². The third-order valence-corrected chi connectivity index (χ3v) is 0. The fourth-order valence-electron chi connectivity index (χ4n) is 0. The molecule has 0 bridgehead atoms. The van der Waals surface area contributed by atoms with E-state index >= 15 is 0 Å². The molecule has 0 aliphatic rings. The van der Waals surface area contributed by atoms with E-state index in [0.29, 0.717) is 5.41 Å². The minimum absolute atomic E-state index is 0.500. The molecule has 0 aromatic heterocycles. The Hall–Kier alpha value is -0.780. The number of hydrogen-bond donors (Lipinski definition) is 0. The van der Waals surface area contributed by atoms with Gasteiger partial charge >= 0.3 is 0 Å². The van der Waals surface area contributed by atoms with E-state index in [-0.39, 0.29) is 0 Å². The Morgan fingerprint density at radius 2 is 0.0722 bits per heavy atom. The van der Waals surface area contributed by atoms with Crippen LogP contribution < -0.4 is 0 Å². The van der Waals surface area contributed by atoms with Crippen molar-refractivity contribution in [2.24, 2.45) is 5.41 Å². The Balaban J connectivity index is -0.00000000586. The molecule has 0 saturated heterocycles. The number of hydrogen-bond acceptors (Lipinski definition) is 0. The lowest BCUT2D eigenvalue weighted by atomic mass is 10.0. The highest BCUT2D eigenvalue weighted by molar-refractivity contribution is 4.47. The second-order valence-corrected chi connectivity index (χ2v) is 3.00. The fourth-order valence-corrected chi connectivity index (χ4v) is 0. The zero-order valence-electron chi connectivity index (χ0n) is 94.7. The molecule has 0 radical (unpaired) electrons. The lowest BCUT2D eigenvalue weighted by Gasteiger charge is -2.05. The van der Waals surface area contributed by atoms with Crippen LogP contribution in [0, 0.1) is 5.41 Å². The van der Waals surface area contributed by atoms with Crippen molar-refractivity contribution in [3.8, 4) is 0 Å². The van der Waals surface area contributed by atoms with Gasteiger partial charge in [0.05, 0.1) is 0 Å². The molecule has 0 N–H and O–H groups in total. The van der Waals surface area contributed by atoms with E-state index in [2.05, 4.69) is 67.2 Å². The third-order valence-electron chi connectivity index (χ3n) is 0. The van der Waals surface area contributed by atoms with Crippen LogP contribution in [0.3, 0.4) is 0 Å². The van der Waals surface area contributed by atoms with Gasteiger partial charge in [-0.15, -0.1) is 39.5 Å². The summed E-state index contributed by atoms with van der Waals surface area (Å²) < 4.78 is 0. The minimum Gasteiger partial charge on any atom is -0.106 e. The molecule has 0 aromatic rings. The van der Waals surface area contributed by atoms with E-state index in [1.54, 1.807) is 0 Å². The van der Waals surface area contributed by atoms with Gasteiger partial charge in [-0.3, -0.25) is 0 Å². The van der Waals surface area contributed by atoms with Crippen molar-refractivity contribution in [3.63, 3.8) is 0 Å². The van der Waals surface area contributed by atoms with Crippen molar-refractivity contribution in [2.45, 2.75) is 623 Å². The average molecular weight is 1450 g/mol. The minimum atomic E-state index is 0.500. The molecule has 0 amide bonds. The van der Waals surface area contributed by atoms with Crippen LogP contribution in [0.1, 0.15) is 623 Å². The van der Waals surface area contributed by atoms with Gasteiger partial charge in [0.1, 0.15) is 0 Å². The van der Waals surface area contributed by atoms with E-state index in [9.17, 15) is 0 Å². The number of rotatable bonds is 0. The highest BCUT2D eigenvalue weighted by atomic mass is 14.0. The molecule has 0 aliphatic carbocycles. The van der Waals surface area contributed by atoms with E-state index in [1.807, 2.05) is 595 Å². The Morgan fingerprint density at radius 3 is 0.0722 bits per heavy atom. The van der Waals surface area contributed by atoms with Crippen LogP contribution in [0.5, 0.6) is 0 Å². The van der Waals surface area contributed by atoms with Crippen LogP contribution >= 0.6 is 0 Å². The van der Waals surface area contributed by atoms with Gasteiger partial charge < -0.3 is 0 Å². The van der Waals surface area contributed by atoms with Gasteiger partial charge in [-0.2, -0.15) is 0 Å². The fraction of sp³-hybridized carbons (Fsp3) is 0.938. The lowest BCUT2D eigenvalue weighted by Crippen LogP contribution is -1.93. The van der Waals surface area contributed by atoms with E-state index in [0.717, 1.165) is 0 Å². The quantitative estimate of drug-likeness (QED) is 0.212. The first-order valence-electron chi connectivity index (χ1n) is 46.5. The van der Waals surface area contributed by atoms with Crippen molar-refractivity contribution in [2.75, 3.05) is 0 Å². The molecule has 97 heavy (non-hydrogen) atoms. The standard InChI is InChI=1S/C5H12.43C2H6.3C2H4/c1-5(2,3)4;46*1-2/h1-4H3;43*1-2H3;3*1-2H2. The maximum absolute atomic E-state index is 3.00. The summed E-state index contributed by atoms with van der Waals surface area (Å²) in [6, 6.07) is 0. The Labute approximate surface area is 664 Å². The van der Waals surface area contributed by atoms with E-state index < -0.39 is 0 Å². The second-order valence-electron chi connectivity index (χ2n) is 3.00. The van der Waals surface area contributed by atoms with E-state index in [1.165, 1.54) is 0 Å². The van der Waals surface area contributed by atoms with Crippen molar-refractivity contribution < 1.29 is 0 Å². The largest absolute Gasteiger partial charge is 0.106 e. The Morgan fingerprint density at radius 1 is 0.0722 bits per heavy atom. The van der Waals surface area contributed by atoms with Crippen LogP contribution in [-0.4, -0.2) is 0 Å². The summed E-state index contributed by atoms with van der Waals surface area (Å²) in [6.45, 7) is 199. The maximum Gasteiger partial charge on any atom is -0.0411 e. The van der Waals surface area contributed by atoms with Gasteiger partial charge in [0.15, 0.2) is 0 Å². The summed E-state index contributed by atoms with van der Waals surface area (Å²) in [5.74, 6) is 0. The molecule has 0 spiro atoms. The molecular weight excluding hydrogens is 1170 g/mol. The maximum atomic E-state index is 3.00. The molecule has 0 heterocycles. The van der Waals surface area contributed by atoms with Crippen molar-refractivity contribution in [1.29, 1.82) is 0 Å². The summed E-state index contributed by atoms with van der Waals surface area (Å²) in [4.78, 5) is 0. The first-order valence-corrected chi connectivity index (χ1v) is 46.5.